The molecule has 0 aliphatic carbocycles. The Hall–Kier alpha value is -1.38. The van der Waals surface area contributed by atoms with Crippen molar-refractivity contribution in [1.29, 1.82) is 0 Å². The quantitative estimate of drug-likeness (QED) is 0.748. The van der Waals surface area contributed by atoms with Crippen LogP contribution in [0.4, 0.5) is 10.1 Å². The molecule has 0 aromatic heterocycles. The third-order valence-corrected chi connectivity index (χ3v) is 4.02. The predicted molar refractivity (Wildman–Crippen MR) is 76.4 cm³/mol. The lowest BCUT2D eigenvalue weighted by molar-refractivity contribution is 0.101. The minimum absolute atomic E-state index is 0.0645. The monoisotopic (exact) mass is 263 g/mol. The van der Waals surface area contributed by atoms with Crippen molar-refractivity contribution in [1.82, 2.24) is 0 Å². The van der Waals surface area contributed by atoms with Crippen LogP contribution in [-0.4, -0.2) is 18.4 Å². The molecular formula is C16H22FNO. The highest BCUT2D eigenvalue weighted by atomic mass is 19.1. The van der Waals surface area contributed by atoms with E-state index in [4.69, 9.17) is 0 Å². The summed E-state index contributed by atoms with van der Waals surface area (Å²) in [4.78, 5) is 14.0. The summed E-state index contributed by atoms with van der Waals surface area (Å²) in [5.41, 5.74) is 2.02. The van der Waals surface area contributed by atoms with Crippen LogP contribution in [0.3, 0.4) is 0 Å². The summed E-state index contributed by atoms with van der Waals surface area (Å²) in [5.74, 6) is -0.359. The van der Waals surface area contributed by atoms with Crippen LogP contribution in [0, 0.1) is 12.7 Å². The van der Waals surface area contributed by atoms with Gasteiger partial charge in [-0.15, -0.1) is 0 Å². The zero-order chi connectivity index (χ0) is 14.0. The third-order valence-electron chi connectivity index (χ3n) is 4.02. The van der Waals surface area contributed by atoms with Crippen molar-refractivity contribution in [3.05, 3.63) is 29.1 Å². The van der Waals surface area contributed by atoms with Gasteiger partial charge in [-0.25, -0.2) is 4.39 Å². The van der Waals surface area contributed by atoms with Gasteiger partial charge < -0.3 is 4.90 Å². The minimum atomic E-state index is -0.295. The van der Waals surface area contributed by atoms with Crippen molar-refractivity contribution in [2.24, 2.45) is 0 Å². The predicted octanol–water partition coefficient (Wildman–Crippen LogP) is 4.11. The van der Waals surface area contributed by atoms with E-state index in [0.717, 1.165) is 25.1 Å². The van der Waals surface area contributed by atoms with Crippen LogP contribution in [0.15, 0.2) is 12.1 Å². The highest BCUT2D eigenvalue weighted by molar-refractivity contribution is 6.00. The Labute approximate surface area is 114 Å². The summed E-state index contributed by atoms with van der Waals surface area (Å²) < 4.78 is 13.7. The van der Waals surface area contributed by atoms with Crippen LogP contribution in [0.25, 0.3) is 0 Å². The maximum Gasteiger partial charge on any atom is 0.161 e. The van der Waals surface area contributed by atoms with E-state index in [0.29, 0.717) is 17.2 Å². The van der Waals surface area contributed by atoms with E-state index in [1.807, 2.05) is 6.07 Å². The lowest BCUT2D eigenvalue weighted by Gasteiger charge is -2.31. The molecule has 0 saturated carbocycles. The number of rotatable bonds is 2. The molecule has 0 radical (unpaired) electrons. The van der Waals surface area contributed by atoms with Gasteiger partial charge in [-0.3, -0.25) is 4.79 Å². The molecule has 19 heavy (non-hydrogen) atoms. The number of hydrogen-bond acceptors (Lipinski definition) is 2. The molecule has 1 aromatic rings. The summed E-state index contributed by atoms with van der Waals surface area (Å²) in [6.07, 6.45) is 4.73. The van der Waals surface area contributed by atoms with E-state index >= 15 is 0 Å². The molecule has 1 fully saturated rings. The van der Waals surface area contributed by atoms with E-state index in [1.165, 1.54) is 25.8 Å². The van der Waals surface area contributed by atoms with Gasteiger partial charge >= 0.3 is 0 Å². The number of ketones is 1. The zero-order valence-corrected chi connectivity index (χ0v) is 12.0. The van der Waals surface area contributed by atoms with Gasteiger partial charge in [0.2, 0.25) is 0 Å². The SMILES string of the molecule is CC(=O)c1cc(F)c(C)cc1N1CCCCCC1C. The third kappa shape index (κ3) is 2.96. The average Bonchev–Trinajstić information content (AvgIpc) is 2.56. The Morgan fingerprint density at radius 2 is 2.05 bits per heavy atom. The van der Waals surface area contributed by atoms with Crippen molar-refractivity contribution in [3.63, 3.8) is 0 Å². The van der Waals surface area contributed by atoms with Gasteiger partial charge in [-0.2, -0.15) is 0 Å². The van der Waals surface area contributed by atoms with Gasteiger partial charge in [-0.1, -0.05) is 12.8 Å². The molecule has 1 heterocycles. The molecule has 2 rings (SSSR count). The highest BCUT2D eigenvalue weighted by Crippen LogP contribution is 2.30. The first kappa shape index (κ1) is 14.0. The number of halogens is 1. The standard InChI is InChI=1S/C16H22FNO/c1-11-9-16(14(13(3)19)10-15(11)17)18-8-6-4-5-7-12(18)2/h9-10,12H,4-8H2,1-3H3. The molecule has 1 saturated heterocycles. The molecule has 1 aromatic carbocycles. The fraction of sp³-hybridized carbons (Fsp3) is 0.562. The van der Waals surface area contributed by atoms with Crippen molar-refractivity contribution in [3.8, 4) is 0 Å². The van der Waals surface area contributed by atoms with Gasteiger partial charge in [0.1, 0.15) is 5.82 Å². The van der Waals surface area contributed by atoms with Gasteiger partial charge in [0.15, 0.2) is 5.78 Å². The molecule has 104 valence electrons. The summed E-state index contributed by atoms with van der Waals surface area (Å²) in [7, 11) is 0. The zero-order valence-electron chi connectivity index (χ0n) is 12.0. The normalized spacial score (nSPS) is 20.2. The number of hydrogen-bond donors (Lipinski definition) is 0. The van der Waals surface area contributed by atoms with Crippen LogP contribution in [-0.2, 0) is 0 Å². The number of aryl methyl sites for hydroxylation is 1. The largest absolute Gasteiger partial charge is 0.368 e. The second-order valence-corrected chi connectivity index (χ2v) is 5.57. The second kappa shape index (κ2) is 5.72. The summed E-state index contributed by atoms with van der Waals surface area (Å²) in [6, 6.07) is 3.63. The number of benzene rings is 1. The molecule has 0 N–H and O–H groups in total. The van der Waals surface area contributed by atoms with Crippen LogP contribution >= 0.6 is 0 Å². The van der Waals surface area contributed by atoms with Gasteiger partial charge in [0.05, 0.1) is 0 Å². The molecule has 1 unspecified atom stereocenters. The van der Waals surface area contributed by atoms with E-state index in [2.05, 4.69) is 11.8 Å². The Bertz CT molecular complexity index is 484. The van der Waals surface area contributed by atoms with Crippen molar-refractivity contribution in [2.45, 2.75) is 52.5 Å². The van der Waals surface area contributed by atoms with Gasteiger partial charge in [0.25, 0.3) is 0 Å². The maximum absolute atomic E-state index is 13.7. The van der Waals surface area contributed by atoms with Crippen LogP contribution in [0.2, 0.25) is 0 Å². The summed E-state index contributed by atoms with van der Waals surface area (Å²) >= 11 is 0. The molecule has 1 aliphatic rings. The number of nitrogens with zero attached hydrogens (tertiary/aromatic N) is 1. The second-order valence-electron chi connectivity index (χ2n) is 5.57. The van der Waals surface area contributed by atoms with Crippen LogP contribution < -0.4 is 4.90 Å². The summed E-state index contributed by atoms with van der Waals surface area (Å²) in [5, 5.41) is 0. The van der Waals surface area contributed by atoms with Crippen LogP contribution in [0.1, 0.15) is 55.5 Å². The van der Waals surface area contributed by atoms with Gasteiger partial charge in [0, 0.05) is 23.8 Å². The van der Waals surface area contributed by atoms with Crippen LogP contribution in [0.5, 0.6) is 0 Å². The fourth-order valence-electron chi connectivity index (χ4n) is 2.82. The Kier molecular flexibility index (Phi) is 4.23. The number of Topliss-reactive ketones (excluding diaryl/α,β-unsaturated/α-hetero) is 1. The molecule has 2 nitrogen and oxygen atoms in total. The van der Waals surface area contributed by atoms with E-state index in [9.17, 15) is 9.18 Å². The Morgan fingerprint density at radius 3 is 2.74 bits per heavy atom. The molecule has 1 aliphatic heterocycles. The summed E-state index contributed by atoms with van der Waals surface area (Å²) in [6.45, 7) is 6.40. The average molecular weight is 263 g/mol. The first-order chi connectivity index (χ1) is 9.00. The lowest BCUT2D eigenvalue weighted by atomic mass is 10.0. The van der Waals surface area contributed by atoms with E-state index < -0.39 is 0 Å². The molecule has 0 amide bonds. The smallest absolute Gasteiger partial charge is 0.161 e. The van der Waals surface area contributed by atoms with Gasteiger partial charge in [-0.05, 0) is 51.3 Å². The van der Waals surface area contributed by atoms with Crippen molar-refractivity contribution < 1.29 is 9.18 Å². The minimum Gasteiger partial charge on any atom is -0.368 e. The Morgan fingerprint density at radius 1 is 1.32 bits per heavy atom. The molecular weight excluding hydrogens is 241 g/mol. The lowest BCUT2D eigenvalue weighted by Crippen LogP contribution is -2.33. The number of carbonyl (C=O) groups excluding carboxylic acids is 1. The van der Waals surface area contributed by atoms with Crippen molar-refractivity contribution >= 4 is 11.5 Å². The van der Waals surface area contributed by atoms with E-state index in [1.54, 1.807) is 6.92 Å². The highest BCUT2D eigenvalue weighted by Gasteiger charge is 2.22. The molecule has 0 bridgehead atoms. The topological polar surface area (TPSA) is 20.3 Å². The first-order valence-corrected chi connectivity index (χ1v) is 7.08. The molecule has 3 heteroatoms. The first-order valence-electron chi connectivity index (χ1n) is 7.08. The maximum atomic E-state index is 13.7. The van der Waals surface area contributed by atoms with E-state index in [-0.39, 0.29) is 11.6 Å². The number of anilines is 1. The molecule has 0 spiro atoms. The Balaban J connectivity index is 2.46. The van der Waals surface area contributed by atoms with Crippen molar-refractivity contribution in [2.75, 3.05) is 11.4 Å². The fourth-order valence-corrected chi connectivity index (χ4v) is 2.82. The molecule has 1 atom stereocenters. The number of carbonyl (C=O) groups is 1.